The monoisotopic (exact) mass is 325 g/mol. The Kier molecular flexibility index (Phi) is 4.54. The van der Waals surface area contributed by atoms with Crippen LogP contribution in [0, 0.1) is 13.8 Å². The molecule has 1 heterocycles. The molecule has 122 valence electrons. The van der Waals surface area contributed by atoms with E-state index in [-0.39, 0.29) is 18.2 Å². The van der Waals surface area contributed by atoms with Gasteiger partial charge in [0, 0.05) is 6.04 Å². The van der Waals surface area contributed by atoms with Crippen molar-refractivity contribution in [3.63, 3.8) is 0 Å². The third-order valence-corrected chi connectivity index (χ3v) is 6.10. The Morgan fingerprint density at radius 1 is 1.09 bits per heavy atom. The molecule has 1 aromatic rings. The second-order valence-corrected chi connectivity index (χ2v) is 7.90. The highest BCUT2D eigenvalue weighted by Crippen LogP contribution is 2.28. The van der Waals surface area contributed by atoms with Crippen molar-refractivity contribution in [3.05, 3.63) is 29.3 Å². The molecular weight excluding hydrogens is 302 g/mol. The summed E-state index contributed by atoms with van der Waals surface area (Å²) in [5.41, 5.74) is 1.71. The average Bonchev–Trinajstić information content (AvgIpc) is 2.49. The molecule has 2 fully saturated rings. The zero-order valence-electron chi connectivity index (χ0n) is 13.0. The summed E-state index contributed by atoms with van der Waals surface area (Å²) in [7, 11) is -3.50. The number of ether oxygens (including phenoxy) is 2. The van der Waals surface area contributed by atoms with Gasteiger partial charge in [-0.3, -0.25) is 0 Å². The number of rotatable bonds is 3. The second-order valence-electron chi connectivity index (χ2n) is 6.22. The maximum Gasteiger partial charge on any atom is 0.241 e. The van der Waals surface area contributed by atoms with Gasteiger partial charge in [0.15, 0.2) is 0 Å². The van der Waals surface area contributed by atoms with Gasteiger partial charge in [-0.2, -0.15) is 0 Å². The van der Waals surface area contributed by atoms with E-state index in [0.29, 0.717) is 24.5 Å². The first-order valence-electron chi connectivity index (χ1n) is 7.78. The van der Waals surface area contributed by atoms with E-state index in [9.17, 15) is 8.42 Å². The molecule has 1 N–H and O–H groups in total. The number of sulfonamides is 1. The van der Waals surface area contributed by atoms with Crippen LogP contribution in [0.25, 0.3) is 0 Å². The molecule has 1 saturated carbocycles. The first-order chi connectivity index (χ1) is 10.5. The normalized spacial score (nSPS) is 29.1. The largest absolute Gasteiger partial charge is 0.373 e. The molecule has 3 unspecified atom stereocenters. The summed E-state index contributed by atoms with van der Waals surface area (Å²) >= 11 is 0. The van der Waals surface area contributed by atoms with Crippen molar-refractivity contribution in [1.29, 1.82) is 0 Å². The fourth-order valence-electron chi connectivity index (χ4n) is 3.25. The van der Waals surface area contributed by atoms with E-state index in [2.05, 4.69) is 4.72 Å². The lowest BCUT2D eigenvalue weighted by molar-refractivity contribution is -0.156. The van der Waals surface area contributed by atoms with Crippen LogP contribution in [0.3, 0.4) is 0 Å². The van der Waals surface area contributed by atoms with E-state index in [1.807, 2.05) is 26.0 Å². The SMILES string of the molecule is Cc1ccc(C)c(S(=O)(=O)NC2CCC3OCCOC3C2)c1. The van der Waals surface area contributed by atoms with Crippen molar-refractivity contribution in [2.45, 2.75) is 56.3 Å². The van der Waals surface area contributed by atoms with Gasteiger partial charge >= 0.3 is 0 Å². The molecule has 1 aliphatic heterocycles. The highest BCUT2D eigenvalue weighted by molar-refractivity contribution is 7.89. The molecule has 1 saturated heterocycles. The number of fused-ring (bicyclic) bond motifs is 1. The lowest BCUT2D eigenvalue weighted by atomic mass is 9.90. The van der Waals surface area contributed by atoms with Gasteiger partial charge in [-0.15, -0.1) is 0 Å². The van der Waals surface area contributed by atoms with E-state index in [0.717, 1.165) is 24.0 Å². The second kappa shape index (κ2) is 6.28. The Balaban J connectivity index is 1.73. The van der Waals surface area contributed by atoms with Crippen molar-refractivity contribution >= 4 is 10.0 Å². The van der Waals surface area contributed by atoms with Gasteiger partial charge in [-0.05, 0) is 50.3 Å². The van der Waals surface area contributed by atoms with Crippen LogP contribution in [-0.4, -0.2) is 39.9 Å². The lowest BCUT2D eigenvalue weighted by Crippen LogP contribution is -2.49. The fraction of sp³-hybridized carbons (Fsp3) is 0.625. The zero-order chi connectivity index (χ0) is 15.7. The third-order valence-electron chi connectivity index (χ3n) is 4.43. The highest BCUT2D eigenvalue weighted by atomic mass is 32.2. The maximum atomic E-state index is 12.7. The lowest BCUT2D eigenvalue weighted by Gasteiger charge is -2.38. The minimum atomic E-state index is -3.50. The van der Waals surface area contributed by atoms with Crippen molar-refractivity contribution in [2.24, 2.45) is 0 Å². The predicted octanol–water partition coefficient (Wildman–Crippen LogP) is 1.92. The summed E-state index contributed by atoms with van der Waals surface area (Å²) in [4.78, 5) is 0.371. The van der Waals surface area contributed by atoms with Crippen molar-refractivity contribution in [2.75, 3.05) is 13.2 Å². The minimum absolute atomic E-state index is 0.00815. The number of benzene rings is 1. The van der Waals surface area contributed by atoms with Gasteiger partial charge < -0.3 is 9.47 Å². The molecule has 1 aromatic carbocycles. The van der Waals surface area contributed by atoms with E-state index in [4.69, 9.17) is 9.47 Å². The van der Waals surface area contributed by atoms with Crippen molar-refractivity contribution < 1.29 is 17.9 Å². The molecule has 3 rings (SSSR count). The summed E-state index contributed by atoms with van der Waals surface area (Å²) in [6.07, 6.45) is 2.43. The Morgan fingerprint density at radius 3 is 2.59 bits per heavy atom. The Labute approximate surface area is 132 Å². The van der Waals surface area contributed by atoms with Crippen LogP contribution in [0.1, 0.15) is 30.4 Å². The Morgan fingerprint density at radius 2 is 1.82 bits per heavy atom. The topological polar surface area (TPSA) is 64.6 Å². The minimum Gasteiger partial charge on any atom is -0.373 e. The smallest absolute Gasteiger partial charge is 0.241 e. The quantitative estimate of drug-likeness (QED) is 0.922. The van der Waals surface area contributed by atoms with Crippen LogP contribution < -0.4 is 4.72 Å². The van der Waals surface area contributed by atoms with Gasteiger partial charge in [-0.1, -0.05) is 12.1 Å². The van der Waals surface area contributed by atoms with E-state index >= 15 is 0 Å². The zero-order valence-corrected chi connectivity index (χ0v) is 13.9. The van der Waals surface area contributed by atoms with E-state index in [1.54, 1.807) is 6.07 Å². The molecule has 0 amide bonds. The van der Waals surface area contributed by atoms with Crippen LogP contribution in [0.5, 0.6) is 0 Å². The standard InChI is InChI=1S/C16H23NO4S/c1-11-3-4-12(2)16(9-11)22(18,19)17-13-5-6-14-15(10-13)21-8-7-20-14/h3-4,9,13-15,17H,5-8,10H2,1-2H3. The summed E-state index contributed by atoms with van der Waals surface area (Å²) in [5.74, 6) is 0. The number of aryl methyl sites for hydroxylation is 2. The van der Waals surface area contributed by atoms with Crippen LogP contribution in [0.2, 0.25) is 0 Å². The Bertz CT molecular complexity index is 644. The summed E-state index contributed by atoms with van der Waals surface area (Å²) in [6.45, 7) is 4.96. The highest BCUT2D eigenvalue weighted by Gasteiger charge is 2.36. The van der Waals surface area contributed by atoms with Gasteiger partial charge in [0.1, 0.15) is 0 Å². The first kappa shape index (κ1) is 15.9. The molecular formula is C16H23NO4S. The van der Waals surface area contributed by atoms with E-state index in [1.165, 1.54) is 0 Å². The maximum absolute atomic E-state index is 12.7. The molecule has 22 heavy (non-hydrogen) atoms. The number of nitrogens with one attached hydrogen (secondary N) is 1. The third kappa shape index (κ3) is 3.35. The van der Waals surface area contributed by atoms with Crippen molar-refractivity contribution in [1.82, 2.24) is 4.72 Å². The van der Waals surface area contributed by atoms with Crippen LogP contribution in [0.15, 0.2) is 23.1 Å². The molecule has 0 bridgehead atoms. The molecule has 3 atom stereocenters. The molecule has 0 aromatic heterocycles. The molecule has 6 heteroatoms. The van der Waals surface area contributed by atoms with Crippen LogP contribution in [-0.2, 0) is 19.5 Å². The molecule has 0 spiro atoms. The van der Waals surface area contributed by atoms with Crippen LogP contribution in [0.4, 0.5) is 0 Å². The average molecular weight is 325 g/mol. The molecule has 1 aliphatic carbocycles. The number of hydrogen-bond donors (Lipinski definition) is 1. The Hall–Kier alpha value is -0.950. The van der Waals surface area contributed by atoms with Gasteiger partial charge in [0.2, 0.25) is 10.0 Å². The molecule has 0 radical (unpaired) electrons. The summed E-state index contributed by atoms with van der Waals surface area (Å²) in [5, 5.41) is 0. The molecule has 5 nitrogen and oxygen atoms in total. The van der Waals surface area contributed by atoms with Crippen molar-refractivity contribution in [3.8, 4) is 0 Å². The first-order valence-corrected chi connectivity index (χ1v) is 9.27. The number of hydrogen-bond acceptors (Lipinski definition) is 4. The van der Waals surface area contributed by atoms with Gasteiger partial charge in [0.25, 0.3) is 0 Å². The van der Waals surface area contributed by atoms with E-state index < -0.39 is 10.0 Å². The predicted molar refractivity (Wildman–Crippen MR) is 83.4 cm³/mol. The van der Waals surface area contributed by atoms with Crippen LogP contribution >= 0.6 is 0 Å². The molecule has 2 aliphatic rings. The summed E-state index contributed by atoms with van der Waals surface area (Å²) in [6, 6.07) is 5.41. The van der Waals surface area contributed by atoms with Gasteiger partial charge in [0.05, 0.1) is 30.3 Å². The van der Waals surface area contributed by atoms with Gasteiger partial charge in [-0.25, -0.2) is 13.1 Å². The fourth-order valence-corrected chi connectivity index (χ4v) is 4.87. The summed E-state index contributed by atoms with van der Waals surface area (Å²) < 4.78 is 39.5.